The van der Waals surface area contributed by atoms with E-state index in [1.54, 1.807) is 23.1 Å². The number of hydrogen-bond acceptors (Lipinski definition) is 5. The number of carbonyl (C=O) groups excluding carboxylic acids is 1. The Hall–Kier alpha value is -2.68. The van der Waals surface area contributed by atoms with E-state index in [0.717, 1.165) is 19.3 Å². The minimum absolute atomic E-state index is 0.103. The van der Waals surface area contributed by atoms with Gasteiger partial charge in [0.15, 0.2) is 11.5 Å². The van der Waals surface area contributed by atoms with Gasteiger partial charge in [0.2, 0.25) is 5.75 Å². The van der Waals surface area contributed by atoms with E-state index in [0.29, 0.717) is 35.9 Å². The molecule has 1 amide bonds. The minimum atomic E-state index is -0.231. The summed E-state index contributed by atoms with van der Waals surface area (Å²) in [4.78, 5) is 14.2. The van der Waals surface area contributed by atoms with Crippen LogP contribution in [0, 0.1) is 11.3 Å². The lowest BCUT2D eigenvalue weighted by atomic mass is 10.1. The van der Waals surface area contributed by atoms with Crippen molar-refractivity contribution in [3.63, 3.8) is 0 Å². The lowest BCUT2D eigenvalue weighted by molar-refractivity contribution is -0.127. The minimum Gasteiger partial charge on any atom is -0.493 e. The number of nitriles is 1. The summed E-state index contributed by atoms with van der Waals surface area (Å²) in [6.07, 6.45) is 4.65. The lowest BCUT2D eigenvalue weighted by Gasteiger charge is -2.26. The van der Waals surface area contributed by atoms with Gasteiger partial charge in [0.1, 0.15) is 11.6 Å². The molecule has 1 aliphatic rings. The highest BCUT2D eigenvalue weighted by Gasteiger charge is 2.21. The van der Waals surface area contributed by atoms with Gasteiger partial charge in [-0.1, -0.05) is 0 Å². The third-order valence-corrected chi connectivity index (χ3v) is 3.99. The van der Waals surface area contributed by atoms with Crippen molar-refractivity contribution in [3.8, 4) is 23.3 Å². The van der Waals surface area contributed by atoms with Crippen LogP contribution in [0.3, 0.4) is 0 Å². The Morgan fingerprint density at radius 3 is 2.12 bits per heavy atom. The Labute approximate surface area is 142 Å². The standard InChI is InChI=1S/C18H22N2O4/c1-22-15-10-13(11-16(23-2)17(15)24-3)9-14(12-19)18(21)20-7-5-4-6-8-20/h9-11H,4-8H2,1-3H3/b14-9+. The van der Waals surface area contributed by atoms with Crippen molar-refractivity contribution in [1.29, 1.82) is 5.26 Å². The van der Waals surface area contributed by atoms with E-state index in [-0.39, 0.29) is 11.5 Å². The molecule has 6 nitrogen and oxygen atoms in total. The second-order valence-electron chi connectivity index (χ2n) is 5.48. The van der Waals surface area contributed by atoms with Gasteiger partial charge in [-0.15, -0.1) is 0 Å². The highest BCUT2D eigenvalue weighted by atomic mass is 16.5. The zero-order chi connectivity index (χ0) is 17.5. The number of carbonyl (C=O) groups is 1. The van der Waals surface area contributed by atoms with Crippen molar-refractivity contribution in [2.75, 3.05) is 34.4 Å². The maximum absolute atomic E-state index is 12.5. The SMILES string of the molecule is COc1cc(/C=C(\C#N)C(=O)N2CCCCC2)cc(OC)c1OC. The number of rotatable bonds is 5. The van der Waals surface area contributed by atoms with Crippen LogP contribution in [-0.2, 0) is 4.79 Å². The zero-order valence-electron chi connectivity index (χ0n) is 14.3. The van der Waals surface area contributed by atoms with Gasteiger partial charge in [0, 0.05) is 13.1 Å². The molecular weight excluding hydrogens is 308 g/mol. The van der Waals surface area contributed by atoms with Crippen molar-refractivity contribution in [1.82, 2.24) is 4.90 Å². The number of nitrogens with zero attached hydrogens (tertiary/aromatic N) is 2. The molecule has 1 aromatic carbocycles. The Morgan fingerprint density at radius 1 is 1.08 bits per heavy atom. The first-order chi connectivity index (χ1) is 11.6. The van der Waals surface area contributed by atoms with Crippen LogP contribution in [0.4, 0.5) is 0 Å². The molecule has 0 spiro atoms. The predicted molar refractivity (Wildman–Crippen MR) is 90.1 cm³/mol. The molecular formula is C18H22N2O4. The summed E-state index contributed by atoms with van der Waals surface area (Å²) in [6, 6.07) is 5.43. The van der Waals surface area contributed by atoms with Crippen LogP contribution in [0.2, 0.25) is 0 Å². The number of amides is 1. The average molecular weight is 330 g/mol. The molecule has 1 aliphatic heterocycles. The summed E-state index contributed by atoms with van der Waals surface area (Å²) in [7, 11) is 4.57. The van der Waals surface area contributed by atoms with Gasteiger partial charge in [-0.3, -0.25) is 4.79 Å². The summed E-state index contributed by atoms with van der Waals surface area (Å²) >= 11 is 0. The molecule has 24 heavy (non-hydrogen) atoms. The maximum atomic E-state index is 12.5. The molecule has 0 radical (unpaired) electrons. The Morgan fingerprint density at radius 2 is 1.67 bits per heavy atom. The van der Waals surface area contributed by atoms with Crippen LogP contribution in [0.15, 0.2) is 17.7 Å². The highest BCUT2D eigenvalue weighted by Crippen LogP contribution is 2.38. The van der Waals surface area contributed by atoms with E-state index >= 15 is 0 Å². The fourth-order valence-corrected chi connectivity index (χ4v) is 2.76. The van der Waals surface area contributed by atoms with Crippen molar-refractivity contribution >= 4 is 12.0 Å². The number of likely N-dealkylation sites (tertiary alicyclic amines) is 1. The molecule has 1 aromatic rings. The Bertz CT molecular complexity index is 645. The van der Waals surface area contributed by atoms with Crippen LogP contribution in [0.25, 0.3) is 6.08 Å². The molecule has 2 rings (SSSR count). The molecule has 128 valence electrons. The van der Waals surface area contributed by atoms with E-state index in [4.69, 9.17) is 14.2 Å². The molecule has 6 heteroatoms. The summed E-state index contributed by atoms with van der Waals surface area (Å²) in [5.41, 5.74) is 0.748. The molecule has 0 aromatic heterocycles. The topological polar surface area (TPSA) is 71.8 Å². The first kappa shape index (κ1) is 17.7. The van der Waals surface area contributed by atoms with E-state index in [1.165, 1.54) is 21.3 Å². The van der Waals surface area contributed by atoms with Crippen LogP contribution in [0.5, 0.6) is 17.2 Å². The molecule has 1 heterocycles. The van der Waals surface area contributed by atoms with E-state index < -0.39 is 0 Å². The third kappa shape index (κ3) is 3.80. The summed E-state index contributed by atoms with van der Waals surface area (Å²) in [5.74, 6) is 1.19. The molecule has 0 aliphatic carbocycles. The van der Waals surface area contributed by atoms with Crippen LogP contribution >= 0.6 is 0 Å². The molecule has 0 bridgehead atoms. The number of methoxy groups -OCH3 is 3. The quantitative estimate of drug-likeness (QED) is 0.613. The summed E-state index contributed by atoms with van der Waals surface area (Å²) < 4.78 is 15.9. The fraction of sp³-hybridized carbons (Fsp3) is 0.444. The third-order valence-electron chi connectivity index (χ3n) is 3.99. The van der Waals surface area contributed by atoms with Gasteiger partial charge < -0.3 is 19.1 Å². The van der Waals surface area contributed by atoms with Gasteiger partial charge in [-0.05, 0) is 43.0 Å². The number of benzene rings is 1. The lowest BCUT2D eigenvalue weighted by Crippen LogP contribution is -2.36. The van der Waals surface area contributed by atoms with Crippen LogP contribution in [0.1, 0.15) is 24.8 Å². The first-order valence-electron chi connectivity index (χ1n) is 7.85. The van der Waals surface area contributed by atoms with Crippen LogP contribution in [-0.4, -0.2) is 45.2 Å². The van der Waals surface area contributed by atoms with E-state index in [9.17, 15) is 10.1 Å². The van der Waals surface area contributed by atoms with Gasteiger partial charge in [-0.2, -0.15) is 5.26 Å². The molecule has 0 atom stereocenters. The largest absolute Gasteiger partial charge is 0.493 e. The molecule has 0 N–H and O–H groups in total. The van der Waals surface area contributed by atoms with Gasteiger partial charge >= 0.3 is 0 Å². The first-order valence-corrected chi connectivity index (χ1v) is 7.85. The van der Waals surface area contributed by atoms with Gasteiger partial charge in [0.25, 0.3) is 5.91 Å². The molecule has 1 fully saturated rings. The highest BCUT2D eigenvalue weighted by molar-refractivity contribution is 6.01. The zero-order valence-corrected chi connectivity index (χ0v) is 14.3. The average Bonchev–Trinajstić information content (AvgIpc) is 2.65. The maximum Gasteiger partial charge on any atom is 0.264 e. The number of hydrogen-bond donors (Lipinski definition) is 0. The summed E-state index contributed by atoms with van der Waals surface area (Å²) in [6.45, 7) is 1.40. The second-order valence-corrected chi connectivity index (χ2v) is 5.48. The van der Waals surface area contributed by atoms with Crippen molar-refractivity contribution < 1.29 is 19.0 Å². The number of ether oxygens (including phenoxy) is 3. The second kappa shape index (κ2) is 8.25. The fourth-order valence-electron chi connectivity index (χ4n) is 2.76. The van der Waals surface area contributed by atoms with E-state index in [1.807, 2.05) is 6.07 Å². The van der Waals surface area contributed by atoms with Crippen LogP contribution < -0.4 is 14.2 Å². The monoisotopic (exact) mass is 330 g/mol. The van der Waals surface area contributed by atoms with Crippen molar-refractivity contribution in [2.45, 2.75) is 19.3 Å². The molecule has 0 saturated carbocycles. The Balaban J connectivity index is 2.36. The number of piperidine rings is 1. The van der Waals surface area contributed by atoms with Crippen molar-refractivity contribution in [3.05, 3.63) is 23.3 Å². The van der Waals surface area contributed by atoms with E-state index in [2.05, 4.69) is 0 Å². The molecule has 1 saturated heterocycles. The predicted octanol–water partition coefficient (Wildman–Crippen LogP) is 2.63. The van der Waals surface area contributed by atoms with Gasteiger partial charge in [-0.25, -0.2) is 0 Å². The normalized spacial score (nSPS) is 14.8. The smallest absolute Gasteiger partial charge is 0.264 e. The molecule has 0 unspecified atom stereocenters. The van der Waals surface area contributed by atoms with Gasteiger partial charge in [0.05, 0.1) is 21.3 Å². The summed E-state index contributed by atoms with van der Waals surface area (Å²) in [5, 5.41) is 9.39. The van der Waals surface area contributed by atoms with Crippen molar-refractivity contribution in [2.24, 2.45) is 0 Å². The Kier molecular flexibility index (Phi) is 6.07.